The van der Waals surface area contributed by atoms with Gasteiger partial charge in [0.15, 0.2) is 5.82 Å². The first-order chi connectivity index (χ1) is 19.1. The second-order valence-electron chi connectivity index (χ2n) is 11.2. The lowest BCUT2D eigenvalue weighted by Gasteiger charge is -2.20. The van der Waals surface area contributed by atoms with Gasteiger partial charge in [-0.2, -0.15) is 5.26 Å². The molecule has 2 fully saturated rings. The molecule has 1 aromatic heterocycles. The number of benzene rings is 3. The van der Waals surface area contributed by atoms with Gasteiger partial charge in [-0.3, -0.25) is 4.79 Å². The fraction of sp³-hybridized carbons (Fsp3) is 0.312. The van der Waals surface area contributed by atoms with E-state index >= 15 is 0 Å². The molecule has 0 unspecified atom stereocenters. The molecule has 7 heteroatoms. The van der Waals surface area contributed by atoms with Crippen molar-refractivity contribution < 1.29 is 6.22 Å². The van der Waals surface area contributed by atoms with Crippen LogP contribution in [0.1, 0.15) is 65.6 Å². The van der Waals surface area contributed by atoms with E-state index in [1.807, 2.05) is 34.7 Å². The first kappa shape index (κ1) is 23.8. The van der Waals surface area contributed by atoms with Crippen molar-refractivity contribution in [1.82, 2.24) is 20.1 Å². The zero-order valence-corrected chi connectivity index (χ0v) is 22.0. The Morgan fingerprint density at radius 1 is 1.03 bits per heavy atom. The van der Waals surface area contributed by atoms with Gasteiger partial charge in [-0.25, -0.2) is 0 Å². The molecule has 0 bridgehead atoms. The summed E-state index contributed by atoms with van der Waals surface area (Å²) >= 11 is 0. The third kappa shape index (κ3) is 4.62. The Balaban J connectivity index is 0.00000289. The molecule has 3 aromatic carbocycles. The Kier molecular flexibility index (Phi) is 5.79. The molecular weight excluding hydrogens is 484 g/mol. The third-order valence-corrected chi connectivity index (χ3v) is 8.15. The molecule has 1 amide bonds. The molecule has 0 atom stereocenters. The number of nitriles is 1. The highest BCUT2D eigenvalue weighted by atomic mass is 16.2. The van der Waals surface area contributed by atoms with Crippen molar-refractivity contribution in [2.75, 3.05) is 11.4 Å². The highest BCUT2D eigenvalue weighted by molar-refractivity contribution is 6.10. The molecule has 2 heterocycles. The Morgan fingerprint density at radius 2 is 1.90 bits per heavy atom. The Labute approximate surface area is 229 Å². The highest BCUT2D eigenvalue weighted by Crippen LogP contribution is 2.45. The first-order valence-corrected chi connectivity index (χ1v) is 13.8. The number of carbonyl (C=O) groups is 1. The van der Waals surface area contributed by atoms with Gasteiger partial charge in [-0.05, 0) is 102 Å². The lowest BCUT2D eigenvalue weighted by atomic mass is 9.94. The Bertz CT molecular complexity index is 1650. The van der Waals surface area contributed by atoms with Crippen LogP contribution in [0.4, 0.5) is 5.69 Å². The van der Waals surface area contributed by atoms with Crippen molar-refractivity contribution in [2.24, 2.45) is 13.0 Å². The minimum absolute atomic E-state index is 0. The molecule has 1 aliphatic heterocycles. The van der Waals surface area contributed by atoms with E-state index in [-0.39, 0.29) is 7.33 Å². The van der Waals surface area contributed by atoms with E-state index in [4.69, 9.17) is 0 Å². The van der Waals surface area contributed by atoms with E-state index in [0.717, 1.165) is 70.9 Å². The fourth-order valence-corrected chi connectivity index (χ4v) is 5.59. The summed E-state index contributed by atoms with van der Waals surface area (Å²) in [5.41, 5.74) is 8.62. The summed E-state index contributed by atoms with van der Waals surface area (Å²) in [6.07, 6.45) is 6.65. The highest BCUT2D eigenvalue weighted by Gasteiger charge is 2.31. The maximum Gasteiger partial charge on any atom is 0.258 e. The number of carbonyl (C=O) groups excluding carboxylic acids is 1. The zero-order valence-electron chi connectivity index (χ0n) is 22.0. The first-order valence-electron chi connectivity index (χ1n) is 13.8. The monoisotopic (exact) mass is 516 g/mol. The lowest BCUT2D eigenvalue weighted by molar-refractivity contribution is 0.0996. The Hall–Kier alpha value is -4.28. The molecular formula is C32H32N6O. The minimum atomic E-state index is 0. The van der Waals surface area contributed by atoms with Gasteiger partial charge >= 0.3 is 0 Å². The van der Waals surface area contributed by atoms with Gasteiger partial charge < -0.3 is 14.8 Å². The number of aryl methyl sites for hydroxylation is 1. The predicted molar refractivity (Wildman–Crippen MR) is 152 cm³/mol. The summed E-state index contributed by atoms with van der Waals surface area (Å²) in [4.78, 5) is 15.6. The third-order valence-electron chi connectivity index (χ3n) is 8.15. The average molecular weight is 517 g/mol. The van der Waals surface area contributed by atoms with Crippen LogP contribution in [0.3, 0.4) is 0 Å². The molecule has 1 N–H and O–H groups in total. The summed E-state index contributed by atoms with van der Waals surface area (Å²) in [6, 6.07) is 20.8. The van der Waals surface area contributed by atoms with Crippen LogP contribution < -0.4 is 10.2 Å². The molecule has 7 nitrogen and oxygen atoms in total. The number of rotatable bonds is 8. The van der Waals surface area contributed by atoms with Gasteiger partial charge in [0.2, 0.25) is 0 Å². The molecule has 7 rings (SSSR count). The smallest absolute Gasteiger partial charge is 0.258 e. The van der Waals surface area contributed by atoms with Crippen LogP contribution in [-0.4, -0.2) is 27.2 Å². The van der Waals surface area contributed by atoms with Gasteiger partial charge in [-0.1, -0.05) is 24.3 Å². The second-order valence-corrected chi connectivity index (χ2v) is 11.2. The fourth-order valence-electron chi connectivity index (χ4n) is 5.59. The number of nitrogens with zero attached hydrogens (tertiary/aromatic N) is 5. The van der Waals surface area contributed by atoms with Crippen LogP contribution >= 0.6 is 0 Å². The van der Waals surface area contributed by atoms with Gasteiger partial charge in [0.25, 0.3) is 5.91 Å². The summed E-state index contributed by atoms with van der Waals surface area (Å²) in [6.45, 7) is 2.42. The second kappa shape index (κ2) is 9.48. The molecule has 39 heavy (non-hydrogen) atoms. The van der Waals surface area contributed by atoms with E-state index in [1.54, 1.807) is 6.33 Å². The van der Waals surface area contributed by atoms with Crippen LogP contribution in [-0.2, 0) is 20.1 Å². The summed E-state index contributed by atoms with van der Waals surface area (Å²) in [5.74, 6) is 2.11. The van der Waals surface area contributed by atoms with Gasteiger partial charge in [0.1, 0.15) is 6.33 Å². The molecule has 0 saturated heterocycles. The number of hydrogen-bond acceptors (Lipinski definition) is 5. The maximum absolute atomic E-state index is 13.7. The number of amides is 1. The zero-order chi connectivity index (χ0) is 26.5. The van der Waals surface area contributed by atoms with Gasteiger partial charge in [-0.15, -0.1) is 10.2 Å². The molecule has 4 aromatic rings. The van der Waals surface area contributed by atoms with E-state index < -0.39 is 0 Å². The van der Waals surface area contributed by atoms with Gasteiger partial charge in [0.05, 0.1) is 18.2 Å². The van der Waals surface area contributed by atoms with Crippen LogP contribution in [0.2, 0.25) is 0 Å². The van der Waals surface area contributed by atoms with Gasteiger partial charge in [0, 0.05) is 31.8 Å². The lowest BCUT2D eigenvalue weighted by Crippen LogP contribution is -2.23. The van der Waals surface area contributed by atoms with E-state index in [0.29, 0.717) is 23.9 Å². The van der Waals surface area contributed by atoms with E-state index in [9.17, 15) is 10.1 Å². The number of aromatic nitrogens is 3. The topological polar surface area (TPSA) is 86.8 Å². The van der Waals surface area contributed by atoms with Crippen molar-refractivity contribution in [1.29, 1.82) is 5.26 Å². The largest absolute Gasteiger partial charge is 0.317 e. The van der Waals surface area contributed by atoms with Crippen LogP contribution in [0, 0.1) is 17.2 Å². The van der Waals surface area contributed by atoms with E-state index in [2.05, 4.69) is 58.0 Å². The van der Waals surface area contributed by atoms with Crippen LogP contribution in [0.25, 0.3) is 22.5 Å². The molecule has 0 spiro atoms. The number of anilines is 1. The number of fused-ring (bicyclic) bond motifs is 1. The molecule has 2 saturated carbocycles. The molecule has 196 valence electrons. The van der Waals surface area contributed by atoms with Crippen molar-refractivity contribution in [3.8, 4) is 28.6 Å². The Morgan fingerprint density at radius 3 is 2.64 bits per heavy atom. The summed E-state index contributed by atoms with van der Waals surface area (Å²) in [7, 11) is 1.90. The molecule has 0 radical (unpaired) electrons. The SMILES string of the molecule is Cn1cnnc1-c1cc(C#N)ccc1-c1cc(C2CC2)cc(N2Cc3ccc(CNCC4CC4)cc3C2=O)c1.[HH]. The van der Waals surface area contributed by atoms with E-state index in [1.165, 1.54) is 18.4 Å². The molecule has 3 aliphatic rings. The normalized spacial score (nSPS) is 16.4. The van der Waals surface area contributed by atoms with Crippen molar-refractivity contribution in [2.45, 2.75) is 44.7 Å². The summed E-state index contributed by atoms with van der Waals surface area (Å²) < 4.78 is 1.86. The quantitative estimate of drug-likeness (QED) is 0.320. The van der Waals surface area contributed by atoms with Crippen molar-refractivity contribution in [3.63, 3.8) is 0 Å². The van der Waals surface area contributed by atoms with Crippen LogP contribution in [0.15, 0.2) is 60.9 Å². The maximum atomic E-state index is 13.7. The van der Waals surface area contributed by atoms with Crippen molar-refractivity contribution >= 4 is 11.6 Å². The molecule has 2 aliphatic carbocycles. The predicted octanol–water partition coefficient (Wildman–Crippen LogP) is 5.80. The number of hydrogen-bond donors (Lipinski definition) is 1. The minimum Gasteiger partial charge on any atom is -0.317 e. The average Bonchev–Trinajstić information content (AvgIpc) is 3.89. The van der Waals surface area contributed by atoms with Crippen LogP contribution in [0.5, 0.6) is 0 Å². The number of nitrogens with one attached hydrogen (secondary N) is 1. The standard InChI is InChI=1S/C32H30N6O.H2/c1-37-19-35-36-31(37)30-10-21(15-33)5-9-28(30)26-12-25(23-7-8-23)13-27(14-26)38-18-24-6-4-22(11-29(24)32(38)39)17-34-16-20-2-3-20;/h4-6,9-14,19-20,23,34H,2-3,7-8,16-18H2,1H3;1H. The van der Waals surface area contributed by atoms with Crippen molar-refractivity contribution in [3.05, 3.63) is 88.7 Å². The summed E-state index contributed by atoms with van der Waals surface area (Å²) in [5, 5.41) is 21.5.